The highest BCUT2D eigenvalue weighted by atomic mass is 35.5. The van der Waals surface area contributed by atoms with Gasteiger partial charge in [0.2, 0.25) is 5.91 Å². The van der Waals surface area contributed by atoms with Crippen molar-refractivity contribution in [2.45, 2.75) is 38.1 Å². The van der Waals surface area contributed by atoms with E-state index in [1.807, 2.05) is 29.2 Å². The summed E-state index contributed by atoms with van der Waals surface area (Å²) in [5, 5.41) is 9.88. The number of rotatable bonds is 4. The molecule has 1 heterocycles. The molecular weight excluding hydrogens is 302 g/mol. The predicted octanol–water partition coefficient (Wildman–Crippen LogP) is 2.98. The Hall–Kier alpha value is -1.55. The van der Waals surface area contributed by atoms with Gasteiger partial charge in [-0.25, -0.2) is 0 Å². The second-order valence-corrected chi connectivity index (χ2v) is 6.66. The average molecular weight is 322 g/mol. The molecule has 118 valence electrons. The van der Waals surface area contributed by atoms with E-state index in [4.69, 9.17) is 16.7 Å². The third-order valence-corrected chi connectivity index (χ3v) is 5.35. The van der Waals surface area contributed by atoms with Crippen molar-refractivity contribution in [3.63, 3.8) is 0 Å². The molecule has 0 bridgehead atoms. The third kappa shape index (κ3) is 2.84. The van der Waals surface area contributed by atoms with E-state index >= 15 is 0 Å². The Morgan fingerprint density at radius 3 is 2.55 bits per heavy atom. The minimum atomic E-state index is -0.841. The van der Waals surface area contributed by atoms with Gasteiger partial charge in [-0.05, 0) is 43.7 Å². The van der Waals surface area contributed by atoms with Gasteiger partial charge < -0.3 is 10.0 Å². The van der Waals surface area contributed by atoms with Crippen LogP contribution in [0.1, 0.15) is 31.2 Å². The van der Waals surface area contributed by atoms with Crippen LogP contribution < -0.4 is 0 Å². The first-order valence-electron chi connectivity index (χ1n) is 7.84. The van der Waals surface area contributed by atoms with Crippen molar-refractivity contribution in [1.29, 1.82) is 0 Å². The minimum absolute atomic E-state index is 0.0215. The molecule has 0 spiro atoms. The number of carbonyl (C=O) groups is 2. The van der Waals surface area contributed by atoms with Crippen molar-refractivity contribution in [1.82, 2.24) is 4.90 Å². The number of nitrogens with zero attached hydrogens (tertiary/aromatic N) is 1. The summed E-state index contributed by atoms with van der Waals surface area (Å²) in [5.74, 6) is -1.64. The number of carboxylic acids is 1. The molecule has 1 saturated carbocycles. The topological polar surface area (TPSA) is 57.6 Å². The van der Waals surface area contributed by atoms with Crippen molar-refractivity contribution in [3.05, 3.63) is 34.9 Å². The average Bonchev–Trinajstić information content (AvgIpc) is 2.87. The molecule has 3 unspecified atom stereocenters. The number of carboxylic acid groups (broad SMARTS) is 1. The highest BCUT2D eigenvalue weighted by Crippen LogP contribution is 2.38. The van der Waals surface area contributed by atoms with Crippen molar-refractivity contribution in [2.75, 3.05) is 6.54 Å². The van der Waals surface area contributed by atoms with Crippen LogP contribution in [0, 0.1) is 11.8 Å². The fourth-order valence-electron chi connectivity index (χ4n) is 3.56. The zero-order valence-electron chi connectivity index (χ0n) is 12.4. The highest BCUT2D eigenvalue weighted by Gasteiger charge is 2.45. The van der Waals surface area contributed by atoms with Crippen LogP contribution in [0.3, 0.4) is 0 Å². The summed E-state index contributed by atoms with van der Waals surface area (Å²) in [6.07, 6.45) is 4.00. The normalized spacial score (nSPS) is 27.5. The SMILES string of the molecule is O=C(O)C1CCC1C(=O)N1CCCC1Cc1ccccc1Cl. The largest absolute Gasteiger partial charge is 0.481 e. The third-order valence-electron chi connectivity index (χ3n) is 4.98. The second-order valence-electron chi connectivity index (χ2n) is 6.25. The second kappa shape index (κ2) is 6.29. The lowest BCUT2D eigenvalue weighted by Crippen LogP contribution is -2.48. The fraction of sp³-hybridized carbons (Fsp3) is 0.529. The summed E-state index contributed by atoms with van der Waals surface area (Å²) < 4.78 is 0. The summed E-state index contributed by atoms with van der Waals surface area (Å²) in [6.45, 7) is 0.733. The molecule has 1 aromatic rings. The van der Waals surface area contributed by atoms with Crippen molar-refractivity contribution in [2.24, 2.45) is 11.8 Å². The molecule has 0 radical (unpaired) electrons. The first-order valence-corrected chi connectivity index (χ1v) is 8.22. The molecule has 1 aliphatic heterocycles. The molecule has 2 fully saturated rings. The van der Waals surface area contributed by atoms with Crippen molar-refractivity contribution < 1.29 is 14.7 Å². The maximum Gasteiger partial charge on any atom is 0.307 e. The van der Waals surface area contributed by atoms with Gasteiger partial charge in [0, 0.05) is 17.6 Å². The molecule has 1 aromatic carbocycles. The Balaban J connectivity index is 1.69. The summed E-state index contributed by atoms with van der Waals surface area (Å²) in [4.78, 5) is 25.7. The first kappa shape index (κ1) is 15.3. The Morgan fingerprint density at radius 1 is 1.18 bits per heavy atom. The van der Waals surface area contributed by atoms with Gasteiger partial charge in [-0.1, -0.05) is 29.8 Å². The fourth-order valence-corrected chi connectivity index (χ4v) is 3.77. The lowest BCUT2D eigenvalue weighted by molar-refractivity contribution is -0.157. The molecule has 4 nitrogen and oxygen atoms in total. The van der Waals surface area contributed by atoms with Crippen LogP contribution >= 0.6 is 11.6 Å². The van der Waals surface area contributed by atoms with Crippen LogP contribution in [0.5, 0.6) is 0 Å². The Labute approximate surface area is 135 Å². The highest BCUT2D eigenvalue weighted by molar-refractivity contribution is 6.31. The summed E-state index contributed by atoms with van der Waals surface area (Å²) >= 11 is 6.21. The maximum atomic E-state index is 12.7. The molecule has 3 atom stereocenters. The van der Waals surface area contributed by atoms with E-state index in [0.29, 0.717) is 12.8 Å². The van der Waals surface area contributed by atoms with E-state index in [9.17, 15) is 9.59 Å². The molecule has 1 saturated heterocycles. The lowest BCUT2D eigenvalue weighted by atomic mass is 9.73. The van der Waals surface area contributed by atoms with Gasteiger partial charge in [-0.15, -0.1) is 0 Å². The predicted molar refractivity (Wildman–Crippen MR) is 83.7 cm³/mol. The van der Waals surface area contributed by atoms with Crippen LogP contribution in [0.25, 0.3) is 0 Å². The summed E-state index contributed by atoms with van der Waals surface area (Å²) in [6, 6.07) is 7.85. The molecule has 0 aromatic heterocycles. The zero-order chi connectivity index (χ0) is 15.7. The Kier molecular flexibility index (Phi) is 4.39. The molecule has 22 heavy (non-hydrogen) atoms. The van der Waals surface area contributed by atoms with Crippen LogP contribution in [-0.2, 0) is 16.0 Å². The van der Waals surface area contributed by atoms with Gasteiger partial charge in [0.05, 0.1) is 11.8 Å². The molecular formula is C17H20ClNO3. The molecule has 1 aliphatic carbocycles. The van der Waals surface area contributed by atoms with Gasteiger partial charge in [-0.3, -0.25) is 9.59 Å². The maximum absolute atomic E-state index is 12.7. The number of amides is 1. The van der Waals surface area contributed by atoms with Gasteiger partial charge in [0.15, 0.2) is 0 Å². The van der Waals surface area contributed by atoms with Crippen molar-refractivity contribution in [3.8, 4) is 0 Å². The van der Waals surface area contributed by atoms with E-state index in [1.165, 1.54) is 0 Å². The van der Waals surface area contributed by atoms with E-state index in [1.54, 1.807) is 0 Å². The molecule has 3 rings (SSSR count). The number of aliphatic carboxylic acids is 1. The number of hydrogen-bond acceptors (Lipinski definition) is 2. The van der Waals surface area contributed by atoms with Gasteiger partial charge in [-0.2, -0.15) is 0 Å². The van der Waals surface area contributed by atoms with Crippen LogP contribution in [0.4, 0.5) is 0 Å². The van der Waals surface area contributed by atoms with Gasteiger partial charge in [0.25, 0.3) is 0 Å². The van der Waals surface area contributed by atoms with Crippen molar-refractivity contribution >= 4 is 23.5 Å². The van der Waals surface area contributed by atoms with Crippen LogP contribution in [-0.4, -0.2) is 34.5 Å². The number of benzene rings is 1. The Bertz CT molecular complexity index is 589. The smallest absolute Gasteiger partial charge is 0.307 e. The van der Waals surface area contributed by atoms with E-state index in [2.05, 4.69) is 0 Å². The van der Waals surface area contributed by atoms with Gasteiger partial charge >= 0.3 is 5.97 Å². The molecule has 1 amide bonds. The minimum Gasteiger partial charge on any atom is -0.481 e. The molecule has 1 N–H and O–H groups in total. The van der Waals surface area contributed by atoms with E-state index in [-0.39, 0.29) is 17.9 Å². The van der Waals surface area contributed by atoms with Crippen LogP contribution in [0.2, 0.25) is 5.02 Å². The molecule has 5 heteroatoms. The van der Waals surface area contributed by atoms with E-state index < -0.39 is 11.9 Å². The number of likely N-dealkylation sites (tertiary alicyclic amines) is 1. The Morgan fingerprint density at radius 2 is 1.91 bits per heavy atom. The first-order chi connectivity index (χ1) is 10.6. The molecule has 2 aliphatic rings. The summed E-state index contributed by atoms with van der Waals surface area (Å²) in [5.41, 5.74) is 1.05. The quantitative estimate of drug-likeness (QED) is 0.927. The summed E-state index contributed by atoms with van der Waals surface area (Å²) in [7, 11) is 0. The van der Waals surface area contributed by atoms with E-state index in [0.717, 1.165) is 36.4 Å². The zero-order valence-corrected chi connectivity index (χ0v) is 13.1. The van der Waals surface area contributed by atoms with Crippen LogP contribution in [0.15, 0.2) is 24.3 Å². The standard InChI is InChI=1S/C17H20ClNO3/c18-15-6-2-1-4-11(15)10-12-5-3-9-19(12)16(20)13-7-8-14(13)17(21)22/h1-2,4,6,12-14H,3,5,7-10H2,(H,21,22). The van der Waals surface area contributed by atoms with Gasteiger partial charge in [0.1, 0.15) is 0 Å². The number of halogens is 1. The lowest BCUT2D eigenvalue weighted by Gasteiger charge is -2.37. The number of carbonyl (C=O) groups excluding carboxylic acids is 1. The monoisotopic (exact) mass is 321 g/mol. The number of hydrogen-bond donors (Lipinski definition) is 1.